The lowest BCUT2D eigenvalue weighted by atomic mass is 10.5. The summed E-state index contributed by atoms with van der Waals surface area (Å²) in [5.41, 5.74) is 0. The van der Waals surface area contributed by atoms with Gasteiger partial charge in [-0.15, -0.1) is 0 Å². The first kappa shape index (κ1) is 9.33. The van der Waals surface area contributed by atoms with Crippen molar-refractivity contribution in [3.05, 3.63) is 0 Å². The standard InChI is InChI=1S/C4H10O.H3N/c1-3-4-5-2;/h3-4H2,1-2H3;1H3. The summed E-state index contributed by atoms with van der Waals surface area (Å²) >= 11 is 0. The van der Waals surface area contributed by atoms with Crippen molar-refractivity contribution in [2.75, 3.05) is 13.7 Å². The van der Waals surface area contributed by atoms with Crippen LogP contribution in [0.4, 0.5) is 0 Å². The zero-order valence-corrected chi connectivity index (χ0v) is 4.53. The molecule has 0 unspecified atom stereocenters. The van der Waals surface area contributed by atoms with Crippen molar-refractivity contribution >= 4 is 0 Å². The molecule has 0 radical (unpaired) electrons. The Hall–Kier alpha value is -0.0800. The number of hydrogen-bond donors (Lipinski definition) is 1. The maximum absolute atomic E-state index is 4.69. The van der Waals surface area contributed by atoms with Crippen LogP contribution in [0.3, 0.4) is 0 Å². The summed E-state index contributed by atoms with van der Waals surface area (Å²) in [5, 5.41) is 0. The van der Waals surface area contributed by atoms with Crippen LogP contribution in [0.5, 0.6) is 0 Å². The van der Waals surface area contributed by atoms with E-state index in [9.17, 15) is 0 Å². The van der Waals surface area contributed by atoms with Crippen LogP contribution in [0.2, 0.25) is 0 Å². The van der Waals surface area contributed by atoms with E-state index in [1.165, 1.54) is 0 Å². The molecule has 0 saturated carbocycles. The van der Waals surface area contributed by atoms with Gasteiger partial charge in [-0.2, -0.15) is 0 Å². The van der Waals surface area contributed by atoms with Crippen molar-refractivity contribution in [3.8, 4) is 0 Å². The van der Waals surface area contributed by atoms with E-state index in [0.29, 0.717) is 0 Å². The van der Waals surface area contributed by atoms with Gasteiger partial charge in [-0.1, -0.05) is 6.92 Å². The Labute approximate surface area is 39.1 Å². The highest BCUT2D eigenvalue weighted by atomic mass is 16.5. The van der Waals surface area contributed by atoms with Gasteiger partial charge in [0.25, 0.3) is 0 Å². The smallest absolute Gasteiger partial charge is 0.0459 e. The SMILES string of the molecule is CCCOC.N. The predicted molar refractivity (Wildman–Crippen MR) is 27.2 cm³/mol. The third kappa shape index (κ3) is 9.07. The Bertz CT molecular complexity index is 15.0. The highest BCUT2D eigenvalue weighted by Gasteiger charge is 1.66. The molecule has 3 N–H and O–H groups in total. The lowest BCUT2D eigenvalue weighted by Crippen LogP contribution is -1.80. The fourth-order valence-electron chi connectivity index (χ4n) is 0.204. The van der Waals surface area contributed by atoms with Gasteiger partial charge in [0.15, 0.2) is 0 Å². The monoisotopic (exact) mass is 91.1 g/mol. The maximum Gasteiger partial charge on any atom is 0.0459 e. The Balaban J connectivity index is 0. The lowest BCUT2D eigenvalue weighted by Gasteiger charge is -1.84. The topological polar surface area (TPSA) is 44.2 Å². The maximum atomic E-state index is 4.69. The quantitative estimate of drug-likeness (QED) is 0.555. The van der Waals surface area contributed by atoms with Crippen LogP contribution in [0.25, 0.3) is 0 Å². The van der Waals surface area contributed by atoms with E-state index >= 15 is 0 Å². The van der Waals surface area contributed by atoms with E-state index in [1.807, 2.05) is 0 Å². The van der Waals surface area contributed by atoms with E-state index in [2.05, 4.69) is 6.92 Å². The molecule has 0 heterocycles. The number of hydrogen-bond acceptors (Lipinski definition) is 2. The van der Waals surface area contributed by atoms with Gasteiger partial charge in [-0.05, 0) is 6.42 Å². The van der Waals surface area contributed by atoms with Crippen molar-refractivity contribution in [1.29, 1.82) is 0 Å². The van der Waals surface area contributed by atoms with Gasteiger partial charge in [0.2, 0.25) is 0 Å². The van der Waals surface area contributed by atoms with Gasteiger partial charge >= 0.3 is 0 Å². The largest absolute Gasteiger partial charge is 0.385 e. The number of ether oxygens (including phenoxy) is 1. The van der Waals surface area contributed by atoms with Crippen molar-refractivity contribution in [2.45, 2.75) is 13.3 Å². The minimum Gasteiger partial charge on any atom is -0.385 e. The Kier molecular flexibility index (Phi) is 13.8. The molecular weight excluding hydrogens is 78.1 g/mol. The van der Waals surface area contributed by atoms with Crippen molar-refractivity contribution < 1.29 is 4.74 Å². The molecule has 0 atom stereocenters. The van der Waals surface area contributed by atoms with Crippen LogP contribution in [0.1, 0.15) is 13.3 Å². The van der Waals surface area contributed by atoms with E-state index in [0.717, 1.165) is 13.0 Å². The molecule has 6 heavy (non-hydrogen) atoms. The minimum atomic E-state index is 0. The second kappa shape index (κ2) is 8.87. The molecule has 0 fully saturated rings. The number of methoxy groups -OCH3 is 1. The molecule has 0 aliphatic carbocycles. The third-order valence-electron chi connectivity index (χ3n) is 0.408. The van der Waals surface area contributed by atoms with E-state index in [-0.39, 0.29) is 6.15 Å². The predicted octanol–water partition coefficient (Wildman–Crippen LogP) is 1.20. The molecule has 0 aromatic rings. The van der Waals surface area contributed by atoms with Gasteiger partial charge in [0.1, 0.15) is 0 Å². The van der Waals surface area contributed by atoms with Crippen LogP contribution in [0.15, 0.2) is 0 Å². The zero-order valence-electron chi connectivity index (χ0n) is 4.53. The van der Waals surface area contributed by atoms with Crippen LogP contribution >= 0.6 is 0 Å². The molecule has 0 bridgehead atoms. The second-order valence-electron chi connectivity index (χ2n) is 0.993. The number of rotatable bonds is 2. The van der Waals surface area contributed by atoms with Gasteiger partial charge in [-0.25, -0.2) is 0 Å². The molecule has 0 amide bonds. The molecule has 0 aromatic carbocycles. The molecule has 0 rings (SSSR count). The van der Waals surface area contributed by atoms with Crippen LogP contribution in [-0.4, -0.2) is 13.7 Å². The third-order valence-corrected chi connectivity index (χ3v) is 0.408. The Morgan fingerprint density at radius 1 is 1.50 bits per heavy atom. The molecule has 0 spiro atoms. The second-order valence-corrected chi connectivity index (χ2v) is 0.993. The molecule has 0 aliphatic heterocycles. The van der Waals surface area contributed by atoms with Gasteiger partial charge in [-0.3, -0.25) is 0 Å². The van der Waals surface area contributed by atoms with Crippen molar-refractivity contribution in [3.63, 3.8) is 0 Å². The molecule has 40 valence electrons. The summed E-state index contributed by atoms with van der Waals surface area (Å²) in [6, 6.07) is 0. The van der Waals surface area contributed by atoms with Crippen LogP contribution < -0.4 is 6.15 Å². The molecule has 2 nitrogen and oxygen atoms in total. The highest BCUT2D eigenvalue weighted by molar-refractivity contribution is 4.15. The molecule has 0 saturated heterocycles. The fourth-order valence-corrected chi connectivity index (χ4v) is 0.204. The fraction of sp³-hybridized carbons (Fsp3) is 1.00. The normalized spacial score (nSPS) is 7.00. The first-order valence-electron chi connectivity index (χ1n) is 1.90. The minimum absolute atomic E-state index is 0. The first-order valence-corrected chi connectivity index (χ1v) is 1.90. The van der Waals surface area contributed by atoms with Crippen LogP contribution in [-0.2, 0) is 4.74 Å². The molecular formula is C4H13NO. The Morgan fingerprint density at radius 3 is 2.00 bits per heavy atom. The van der Waals surface area contributed by atoms with E-state index in [1.54, 1.807) is 7.11 Å². The van der Waals surface area contributed by atoms with Crippen LogP contribution in [0, 0.1) is 0 Å². The summed E-state index contributed by atoms with van der Waals surface area (Å²) < 4.78 is 4.69. The summed E-state index contributed by atoms with van der Waals surface area (Å²) in [4.78, 5) is 0. The molecule has 0 aromatic heterocycles. The lowest BCUT2D eigenvalue weighted by molar-refractivity contribution is 0.199. The van der Waals surface area contributed by atoms with Crippen molar-refractivity contribution in [2.24, 2.45) is 0 Å². The zero-order chi connectivity index (χ0) is 4.12. The van der Waals surface area contributed by atoms with Gasteiger partial charge in [0.05, 0.1) is 0 Å². The average Bonchev–Trinajstić information content (AvgIpc) is 1.41. The van der Waals surface area contributed by atoms with Gasteiger partial charge in [0, 0.05) is 13.7 Å². The van der Waals surface area contributed by atoms with Gasteiger partial charge < -0.3 is 10.9 Å². The summed E-state index contributed by atoms with van der Waals surface area (Å²) in [7, 11) is 1.71. The summed E-state index contributed by atoms with van der Waals surface area (Å²) in [6.45, 7) is 2.98. The van der Waals surface area contributed by atoms with Crippen molar-refractivity contribution in [1.82, 2.24) is 6.15 Å². The molecule has 0 aliphatic rings. The van der Waals surface area contributed by atoms with E-state index < -0.39 is 0 Å². The first-order chi connectivity index (χ1) is 2.41. The molecule has 2 heteroatoms. The van der Waals surface area contributed by atoms with E-state index in [4.69, 9.17) is 4.74 Å². The highest BCUT2D eigenvalue weighted by Crippen LogP contribution is 1.70. The summed E-state index contributed by atoms with van der Waals surface area (Å²) in [5.74, 6) is 0. The summed E-state index contributed by atoms with van der Waals surface area (Å²) in [6.07, 6.45) is 1.12. The Morgan fingerprint density at radius 2 is 2.00 bits per heavy atom. The average molecular weight is 91.2 g/mol.